The number of hydrogen-bond donors (Lipinski definition) is 0. The topological polar surface area (TPSA) is 0 Å². The van der Waals surface area contributed by atoms with E-state index in [-0.39, 0.29) is 0 Å². The van der Waals surface area contributed by atoms with E-state index in [1.807, 2.05) is 6.08 Å². The van der Waals surface area contributed by atoms with Gasteiger partial charge in [-0.1, -0.05) is 38.0 Å². The van der Waals surface area contributed by atoms with Crippen LogP contribution in [-0.4, -0.2) is 0 Å². The summed E-state index contributed by atoms with van der Waals surface area (Å²) < 4.78 is 0. The lowest BCUT2D eigenvalue weighted by Crippen LogP contribution is -2.01. The molecule has 0 spiro atoms. The molecule has 0 N–H and O–H groups in total. The molecular weight excluding hydrogens is 144 g/mol. The third-order valence-electron chi connectivity index (χ3n) is 2.75. The van der Waals surface area contributed by atoms with E-state index < -0.39 is 0 Å². The first-order chi connectivity index (χ1) is 5.50. The molecule has 0 bridgehead atoms. The highest BCUT2D eigenvalue weighted by molar-refractivity contribution is 5.14. The highest BCUT2D eigenvalue weighted by Gasteiger charge is 2.07. The number of rotatable bonds is 4. The van der Waals surface area contributed by atoms with E-state index in [2.05, 4.69) is 41.2 Å². The third kappa shape index (κ3) is 3.25. The summed E-state index contributed by atoms with van der Waals surface area (Å²) in [7, 11) is 0. The average molecular weight is 166 g/mol. The largest absolute Gasteiger partial charge is 0.103 e. The molecule has 0 aliphatic carbocycles. The minimum Gasteiger partial charge on any atom is -0.103 e. The average Bonchev–Trinajstić information content (AvgIpc) is 2.02. The van der Waals surface area contributed by atoms with E-state index in [9.17, 15) is 0 Å². The second kappa shape index (κ2) is 5.18. The summed E-state index contributed by atoms with van der Waals surface area (Å²) in [5, 5.41) is 0. The van der Waals surface area contributed by atoms with Crippen molar-refractivity contribution in [3.63, 3.8) is 0 Å². The minimum atomic E-state index is 0.657. The normalized spacial score (nSPS) is 15.8. The molecule has 0 saturated carbocycles. The Hall–Kier alpha value is -0.520. The van der Waals surface area contributed by atoms with E-state index in [1.165, 1.54) is 11.1 Å². The standard InChI is InChI=1S/C12H22/c1-7-8-10(4)12(6)11(5)9(2)3/h7,9-10H,1,8H2,2-6H3. The second-order valence-corrected chi connectivity index (χ2v) is 3.95. The van der Waals surface area contributed by atoms with Crippen LogP contribution in [0.2, 0.25) is 0 Å². The predicted molar refractivity (Wildman–Crippen MR) is 57.2 cm³/mol. The van der Waals surface area contributed by atoms with Crippen LogP contribution in [0.15, 0.2) is 23.8 Å². The molecule has 1 unspecified atom stereocenters. The maximum atomic E-state index is 3.76. The monoisotopic (exact) mass is 166 g/mol. The molecular formula is C12H22. The lowest BCUT2D eigenvalue weighted by atomic mass is 9.90. The van der Waals surface area contributed by atoms with Crippen LogP contribution in [0.25, 0.3) is 0 Å². The number of allylic oxidation sites excluding steroid dienone is 3. The summed E-state index contributed by atoms with van der Waals surface area (Å²) >= 11 is 0. The summed E-state index contributed by atoms with van der Waals surface area (Å²) in [5.41, 5.74) is 3.06. The minimum absolute atomic E-state index is 0.657. The van der Waals surface area contributed by atoms with E-state index in [4.69, 9.17) is 0 Å². The van der Waals surface area contributed by atoms with Gasteiger partial charge < -0.3 is 0 Å². The van der Waals surface area contributed by atoms with Gasteiger partial charge in [-0.25, -0.2) is 0 Å². The van der Waals surface area contributed by atoms with Gasteiger partial charge in [0.15, 0.2) is 0 Å². The molecule has 12 heavy (non-hydrogen) atoms. The zero-order valence-electron chi connectivity index (χ0n) is 9.15. The van der Waals surface area contributed by atoms with Gasteiger partial charge in [-0.05, 0) is 32.1 Å². The van der Waals surface area contributed by atoms with Crippen LogP contribution in [-0.2, 0) is 0 Å². The van der Waals surface area contributed by atoms with Gasteiger partial charge in [0.25, 0.3) is 0 Å². The van der Waals surface area contributed by atoms with Crippen molar-refractivity contribution in [1.29, 1.82) is 0 Å². The van der Waals surface area contributed by atoms with Gasteiger partial charge in [0.2, 0.25) is 0 Å². The van der Waals surface area contributed by atoms with Crippen LogP contribution >= 0.6 is 0 Å². The Kier molecular flexibility index (Phi) is 4.96. The maximum absolute atomic E-state index is 3.76. The van der Waals surface area contributed by atoms with Crippen molar-refractivity contribution in [2.45, 2.75) is 41.0 Å². The van der Waals surface area contributed by atoms with E-state index in [0.29, 0.717) is 11.8 Å². The highest BCUT2D eigenvalue weighted by atomic mass is 14.1. The highest BCUT2D eigenvalue weighted by Crippen LogP contribution is 2.22. The van der Waals surface area contributed by atoms with Crippen LogP contribution in [0.1, 0.15) is 41.0 Å². The molecule has 0 saturated heterocycles. The molecule has 0 aromatic rings. The summed E-state index contributed by atoms with van der Waals surface area (Å²) in [6, 6.07) is 0. The van der Waals surface area contributed by atoms with Gasteiger partial charge in [0.05, 0.1) is 0 Å². The van der Waals surface area contributed by atoms with Crippen LogP contribution < -0.4 is 0 Å². The fraction of sp³-hybridized carbons (Fsp3) is 0.667. The molecule has 0 heterocycles. The Labute approximate surface area is 77.4 Å². The maximum Gasteiger partial charge on any atom is -0.0197 e. The summed E-state index contributed by atoms with van der Waals surface area (Å²) in [5.74, 6) is 1.34. The first-order valence-corrected chi connectivity index (χ1v) is 4.78. The van der Waals surface area contributed by atoms with Crippen molar-refractivity contribution in [2.24, 2.45) is 11.8 Å². The molecule has 0 rings (SSSR count). The van der Waals surface area contributed by atoms with Gasteiger partial charge in [0.1, 0.15) is 0 Å². The molecule has 0 aliphatic heterocycles. The molecule has 70 valence electrons. The first-order valence-electron chi connectivity index (χ1n) is 4.78. The molecule has 0 fully saturated rings. The molecule has 0 radical (unpaired) electrons. The molecule has 0 aliphatic rings. The van der Waals surface area contributed by atoms with Crippen LogP contribution in [0.4, 0.5) is 0 Å². The second-order valence-electron chi connectivity index (χ2n) is 3.95. The van der Waals surface area contributed by atoms with Gasteiger partial charge in [-0.3, -0.25) is 0 Å². The summed E-state index contributed by atoms with van der Waals surface area (Å²) in [4.78, 5) is 0. The van der Waals surface area contributed by atoms with Crippen LogP contribution in [0, 0.1) is 11.8 Å². The smallest absolute Gasteiger partial charge is 0.0197 e. The predicted octanol–water partition coefficient (Wildman–Crippen LogP) is 4.19. The van der Waals surface area contributed by atoms with E-state index in [1.54, 1.807) is 0 Å². The first kappa shape index (κ1) is 11.5. The quantitative estimate of drug-likeness (QED) is 0.549. The molecule has 0 heteroatoms. The fourth-order valence-corrected chi connectivity index (χ4v) is 1.27. The SMILES string of the molecule is C=CCC(C)C(C)=C(C)C(C)C. The molecule has 0 aromatic carbocycles. The van der Waals surface area contributed by atoms with Crippen LogP contribution in [0.3, 0.4) is 0 Å². The molecule has 1 atom stereocenters. The van der Waals surface area contributed by atoms with Gasteiger partial charge in [-0.15, -0.1) is 6.58 Å². The van der Waals surface area contributed by atoms with Crippen molar-refractivity contribution in [3.8, 4) is 0 Å². The summed E-state index contributed by atoms with van der Waals surface area (Å²) in [6.45, 7) is 15.0. The Bertz CT molecular complexity index is 172. The molecule has 0 nitrogen and oxygen atoms in total. The Morgan fingerprint density at radius 1 is 1.17 bits per heavy atom. The Morgan fingerprint density at radius 3 is 2.00 bits per heavy atom. The van der Waals surface area contributed by atoms with Gasteiger partial charge in [0, 0.05) is 0 Å². The van der Waals surface area contributed by atoms with Crippen molar-refractivity contribution >= 4 is 0 Å². The van der Waals surface area contributed by atoms with Gasteiger partial charge >= 0.3 is 0 Å². The Morgan fingerprint density at radius 2 is 1.67 bits per heavy atom. The summed E-state index contributed by atoms with van der Waals surface area (Å²) in [6.07, 6.45) is 3.09. The zero-order chi connectivity index (χ0) is 9.72. The van der Waals surface area contributed by atoms with Crippen molar-refractivity contribution in [3.05, 3.63) is 23.8 Å². The van der Waals surface area contributed by atoms with Crippen LogP contribution in [0.5, 0.6) is 0 Å². The lowest BCUT2D eigenvalue weighted by Gasteiger charge is -2.16. The van der Waals surface area contributed by atoms with Gasteiger partial charge in [-0.2, -0.15) is 0 Å². The fourth-order valence-electron chi connectivity index (χ4n) is 1.27. The lowest BCUT2D eigenvalue weighted by molar-refractivity contribution is 0.652. The third-order valence-corrected chi connectivity index (χ3v) is 2.75. The Balaban J connectivity index is 4.42. The molecule has 0 aromatic heterocycles. The van der Waals surface area contributed by atoms with E-state index in [0.717, 1.165) is 6.42 Å². The molecule has 0 amide bonds. The zero-order valence-corrected chi connectivity index (χ0v) is 9.15. The van der Waals surface area contributed by atoms with Crippen molar-refractivity contribution in [1.82, 2.24) is 0 Å². The van der Waals surface area contributed by atoms with E-state index >= 15 is 0 Å². The van der Waals surface area contributed by atoms with Crippen molar-refractivity contribution in [2.75, 3.05) is 0 Å². The number of hydrogen-bond acceptors (Lipinski definition) is 0. The van der Waals surface area contributed by atoms with Crippen molar-refractivity contribution < 1.29 is 0 Å².